The van der Waals surface area contributed by atoms with Gasteiger partial charge in [0, 0.05) is 6.54 Å². The molecule has 0 spiro atoms. The van der Waals surface area contributed by atoms with E-state index >= 15 is 0 Å². The molecule has 1 atom stereocenters. The fourth-order valence-electron chi connectivity index (χ4n) is 0.972. The second kappa shape index (κ2) is 4.05. The Bertz CT molecular complexity index is 433. The van der Waals surface area contributed by atoms with Crippen LogP contribution in [0.5, 0.6) is 0 Å². The van der Waals surface area contributed by atoms with Crippen molar-refractivity contribution in [2.45, 2.75) is 26.0 Å². The summed E-state index contributed by atoms with van der Waals surface area (Å²) in [6.07, 6.45) is -0.331. The number of aromatic nitrogens is 3. The summed E-state index contributed by atoms with van der Waals surface area (Å²) in [7, 11) is 0. The van der Waals surface area contributed by atoms with Gasteiger partial charge in [-0.3, -0.25) is 9.97 Å². The van der Waals surface area contributed by atoms with Crippen LogP contribution >= 0.6 is 0 Å². The molecular weight excluding hydrogens is 190 g/mol. The molecule has 14 heavy (non-hydrogen) atoms. The van der Waals surface area contributed by atoms with Gasteiger partial charge in [-0.25, -0.2) is 19.0 Å². The largest absolute Gasteiger partial charge is 0.393 e. The molecule has 7 heteroatoms. The molecule has 1 rings (SSSR count). The smallest absolute Gasteiger partial charge is 0.333 e. The van der Waals surface area contributed by atoms with E-state index in [0.717, 1.165) is 4.57 Å². The number of aliphatic hydroxyl groups is 1. The SMILES string of the molecule is CC(O)CCn1c(=O)[nH]c(=O)[nH]c1=O. The van der Waals surface area contributed by atoms with E-state index in [1.165, 1.54) is 0 Å². The summed E-state index contributed by atoms with van der Waals surface area (Å²) in [4.78, 5) is 36.6. The van der Waals surface area contributed by atoms with Crippen molar-refractivity contribution in [1.29, 1.82) is 0 Å². The summed E-state index contributed by atoms with van der Waals surface area (Å²) >= 11 is 0. The van der Waals surface area contributed by atoms with Crippen LogP contribution in [0.2, 0.25) is 0 Å². The van der Waals surface area contributed by atoms with Crippen LogP contribution in [0.1, 0.15) is 13.3 Å². The fraction of sp³-hybridized carbons (Fsp3) is 0.571. The lowest BCUT2D eigenvalue weighted by molar-refractivity contribution is 0.176. The molecule has 0 saturated carbocycles. The van der Waals surface area contributed by atoms with Crippen LogP contribution in [0, 0.1) is 0 Å². The minimum absolute atomic E-state index is 0.0720. The lowest BCUT2D eigenvalue weighted by Crippen LogP contribution is -2.43. The van der Waals surface area contributed by atoms with E-state index in [2.05, 4.69) is 0 Å². The summed E-state index contributed by atoms with van der Waals surface area (Å²) in [5.41, 5.74) is -2.35. The quantitative estimate of drug-likeness (QED) is 0.525. The molecule has 0 aliphatic heterocycles. The Morgan fingerprint density at radius 2 is 1.79 bits per heavy atom. The minimum Gasteiger partial charge on any atom is -0.393 e. The first-order valence-electron chi connectivity index (χ1n) is 4.12. The number of aromatic amines is 2. The van der Waals surface area contributed by atoms with Gasteiger partial charge < -0.3 is 5.11 Å². The van der Waals surface area contributed by atoms with Gasteiger partial charge in [0.05, 0.1) is 6.10 Å². The van der Waals surface area contributed by atoms with Gasteiger partial charge in [-0.05, 0) is 13.3 Å². The van der Waals surface area contributed by atoms with Gasteiger partial charge in [-0.15, -0.1) is 0 Å². The van der Waals surface area contributed by atoms with Gasteiger partial charge in [0.1, 0.15) is 0 Å². The predicted molar refractivity (Wildman–Crippen MR) is 48.2 cm³/mol. The zero-order chi connectivity index (χ0) is 10.7. The van der Waals surface area contributed by atoms with Crippen molar-refractivity contribution in [3.8, 4) is 0 Å². The first-order valence-corrected chi connectivity index (χ1v) is 4.12. The maximum Gasteiger partial charge on any atom is 0.333 e. The summed E-state index contributed by atoms with van der Waals surface area (Å²) in [6.45, 7) is 1.62. The Kier molecular flexibility index (Phi) is 3.03. The molecule has 0 aromatic carbocycles. The minimum atomic E-state index is -0.826. The molecular formula is C7H11N3O4. The molecule has 0 fully saturated rings. The molecule has 0 bridgehead atoms. The topological polar surface area (TPSA) is 108 Å². The number of nitrogens with one attached hydrogen (secondary N) is 2. The van der Waals surface area contributed by atoms with Gasteiger partial charge in [0.15, 0.2) is 0 Å². The van der Waals surface area contributed by atoms with Gasteiger partial charge >= 0.3 is 17.1 Å². The summed E-state index contributed by atoms with van der Waals surface area (Å²) in [5, 5.41) is 8.95. The number of H-pyrrole nitrogens is 2. The van der Waals surface area contributed by atoms with Crippen molar-refractivity contribution in [1.82, 2.24) is 14.5 Å². The van der Waals surface area contributed by atoms with Crippen LogP contribution in [0.25, 0.3) is 0 Å². The molecule has 1 aromatic rings. The Labute approximate surface area is 78.0 Å². The van der Waals surface area contributed by atoms with Crippen molar-refractivity contribution >= 4 is 0 Å². The Hall–Kier alpha value is -1.63. The average molecular weight is 201 g/mol. The Balaban J connectivity index is 3.04. The van der Waals surface area contributed by atoms with Gasteiger partial charge in [0.2, 0.25) is 0 Å². The average Bonchev–Trinajstić information content (AvgIpc) is 2.01. The van der Waals surface area contributed by atoms with Crippen molar-refractivity contribution in [2.24, 2.45) is 0 Å². The van der Waals surface area contributed by atoms with Crippen LogP contribution in [-0.4, -0.2) is 25.7 Å². The maximum absolute atomic E-state index is 11.1. The summed E-state index contributed by atoms with van der Waals surface area (Å²) < 4.78 is 0.827. The first kappa shape index (κ1) is 10.5. The van der Waals surface area contributed by atoms with Crippen LogP contribution in [0.3, 0.4) is 0 Å². The number of nitrogens with zero attached hydrogens (tertiary/aromatic N) is 1. The third-order valence-corrected chi connectivity index (χ3v) is 1.70. The third kappa shape index (κ3) is 2.43. The first-order chi connectivity index (χ1) is 6.50. The molecule has 3 N–H and O–H groups in total. The lowest BCUT2D eigenvalue weighted by Gasteiger charge is -2.04. The maximum atomic E-state index is 11.1. The van der Waals surface area contributed by atoms with Crippen LogP contribution < -0.4 is 17.1 Å². The van der Waals surface area contributed by atoms with Gasteiger partial charge in [-0.2, -0.15) is 0 Å². The highest BCUT2D eigenvalue weighted by Gasteiger charge is 2.03. The molecule has 1 heterocycles. The molecule has 0 aliphatic carbocycles. The highest BCUT2D eigenvalue weighted by atomic mass is 16.3. The van der Waals surface area contributed by atoms with E-state index in [9.17, 15) is 14.4 Å². The van der Waals surface area contributed by atoms with Crippen LogP contribution in [0.15, 0.2) is 14.4 Å². The number of hydrogen-bond donors (Lipinski definition) is 3. The molecule has 0 radical (unpaired) electrons. The van der Waals surface area contributed by atoms with E-state index in [0.29, 0.717) is 0 Å². The zero-order valence-electron chi connectivity index (χ0n) is 7.61. The van der Waals surface area contributed by atoms with E-state index in [1.807, 2.05) is 9.97 Å². The third-order valence-electron chi connectivity index (χ3n) is 1.70. The van der Waals surface area contributed by atoms with E-state index in [4.69, 9.17) is 5.11 Å². The number of hydrogen-bond acceptors (Lipinski definition) is 4. The standard InChI is InChI=1S/C7H11N3O4/c1-4(11)2-3-10-6(13)8-5(12)9-7(10)14/h4,11H,2-3H2,1H3,(H2,8,9,12,13,14). The molecule has 0 aliphatic rings. The molecule has 1 aromatic heterocycles. The zero-order valence-corrected chi connectivity index (χ0v) is 7.61. The molecule has 0 amide bonds. The van der Waals surface area contributed by atoms with Gasteiger partial charge in [-0.1, -0.05) is 0 Å². The molecule has 7 nitrogen and oxygen atoms in total. The highest BCUT2D eigenvalue weighted by molar-refractivity contribution is 4.69. The molecule has 78 valence electrons. The van der Waals surface area contributed by atoms with E-state index in [1.54, 1.807) is 6.92 Å². The monoisotopic (exact) mass is 201 g/mol. The highest BCUT2D eigenvalue weighted by Crippen LogP contribution is 1.88. The number of aliphatic hydroxyl groups excluding tert-OH is 1. The van der Waals surface area contributed by atoms with Crippen LogP contribution in [-0.2, 0) is 6.54 Å². The Morgan fingerprint density at radius 3 is 2.21 bits per heavy atom. The van der Waals surface area contributed by atoms with Gasteiger partial charge in [0.25, 0.3) is 0 Å². The lowest BCUT2D eigenvalue weighted by atomic mass is 10.3. The van der Waals surface area contributed by atoms with Crippen molar-refractivity contribution in [2.75, 3.05) is 0 Å². The second-order valence-electron chi connectivity index (χ2n) is 2.98. The summed E-state index contributed by atoms with van der Waals surface area (Å²) in [5.74, 6) is 0. The molecule has 1 unspecified atom stereocenters. The second-order valence-corrected chi connectivity index (χ2v) is 2.98. The summed E-state index contributed by atoms with van der Waals surface area (Å²) in [6, 6.07) is 0. The Morgan fingerprint density at radius 1 is 1.29 bits per heavy atom. The van der Waals surface area contributed by atoms with E-state index < -0.39 is 23.2 Å². The van der Waals surface area contributed by atoms with Crippen molar-refractivity contribution in [3.63, 3.8) is 0 Å². The normalized spacial score (nSPS) is 12.7. The predicted octanol–water partition coefficient (Wildman–Crippen LogP) is -2.00. The van der Waals surface area contributed by atoms with E-state index in [-0.39, 0.29) is 13.0 Å². The van der Waals surface area contributed by atoms with Crippen molar-refractivity contribution in [3.05, 3.63) is 31.5 Å². The van der Waals surface area contributed by atoms with Crippen LogP contribution in [0.4, 0.5) is 0 Å². The molecule has 0 saturated heterocycles. The number of rotatable bonds is 3. The fourth-order valence-corrected chi connectivity index (χ4v) is 0.972. The van der Waals surface area contributed by atoms with Crippen molar-refractivity contribution < 1.29 is 5.11 Å².